The second-order valence-electron chi connectivity index (χ2n) is 8.68. The molecular formula is C19H38N2. The van der Waals surface area contributed by atoms with Gasteiger partial charge in [-0.15, -0.1) is 0 Å². The van der Waals surface area contributed by atoms with E-state index in [0.717, 1.165) is 30.3 Å². The van der Waals surface area contributed by atoms with Crippen LogP contribution < -0.4 is 5.73 Å². The van der Waals surface area contributed by atoms with Crippen LogP contribution in [-0.4, -0.2) is 30.6 Å². The molecule has 2 N–H and O–H groups in total. The van der Waals surface area contributed by atoms with Crippen molar-refractivity contribution in [2.45, 2.75) is 78.7 Å². The first-order chi connectivity index (χ1) is 9.95. The summed E-state index contributed by atoms with van der Waals surface area (Å²) in [6.07, 6.45) is 9.70. The molecule has 0 amide bonds. The van der Waals surface area contributed by atoms with Gasteiger partial charge in [-0.1, -0.05) is 40.5 Å². The smallest absolute Gasteiger partial charge is 0.0138 e. The van der Waals surface area contributed by atoms with Gasteiger partial charge < -0.3 is 10.6 Å². The lowest BCUT2D eigenvalue weighted by molar-refractivity contribution is 0.0802. The molecule has 2 nitrogen and oxygen atoms in total. The van der Waals surface area contributed by atoms with Crippen LogP contribution in [0.15, 0.2) is 0 Å². The van der Waals surface area contributed by atoms with Gasteiger partial charge in [0, 0.05) is 6.04 Å². The van der Waals surface area contributed by atoms with E-state index in [9.17, 15) is 0 Å². The summed E-state index contributed by atoms with van der Waals surface area (Å²) >= 11 is 0. The van der Waals surface area contributed by atoms with Crippen molar-refractivity contribution in [1.82, 2.24) is 4.90 Å². The SMILES string of the molecule is CCC1CCC(CN)C(N2CCCC(C(C)(C)C)CC2)C1. The molecule has 21 heavy (non-hydrogen) atoms. The van der Waals surface area contributed by atoms with E-state index in [1.165, 1.54) is 58.0 Å². The summed E-state index contributed by atoms with van der Waals surface area (Å²) in [6, 6.07) is 0.771. The molecule has 0 radical (unpaired) electrons. The lowest BCUT2D eigenvalue weighted by Crippen LogP contribution is -2.47. The Morgan fingerprint density at radius 2 is 1.81 bits per heavy atom. The Morgan fingerprint density at radius 1 is 1.05 bits per heavy atom. The maximum Gasteiger partial charge on any atom is 0.0138 e. The van der Waals surface area contributed by atoms with E-state index < -0.39 is 0 Å². The molecule has 1 saturated carbocycles. The predicted octanol–water partition coefficient (Wildman–Crippen LogP) is 4.29. The van der Waals surface area contributed by atoms with Gasteiger partial charge in [-0.25, -0.2) is 0 Å². The van der Waals surface area contributed by atoms with Gasteiger partial charge in [0.25, 0.3) is 0 Å². The Bertz CT molecular complexity index is 307. The van der Waals surface area contributed by atoms with Crippen LogP contribution in [0.2, 0.25) is 0 Å². The van der Waals surface area contributed by atoms with Gasteiger partial charge >= 0.3 is 0 Å². The third-order valence-corrected chi connectivity index (χ3v) is 6.40. The molecule has 2 fully saturated rings. The van der Waals surface area contributed by atoms with E-state index in [2.05, 4.69) is 32.6 Å². The van der Waals surface area contributed by atoms with Crippen LogP contribution in [0.25, 0.3) is 0 Å². The second-order valence-corrected chi connectivity index (χ2v) is 8.68. The molecule has 1 saturated heterocycles. The number of likely N-dealkylation sites (tertiary alicyclic amines) is 1. The van der Waals surface area contributed by atoms with Crippen molar-refractivity contribution >= 4 is 0 Å². The lowest BCUT2D eigenvalue weighted by Gasteiger charge is -2.42. The summed E-state index contributed by atoms with van der Waals surface area (Å²) in [7, 11) is 0. The molecule has 1 aliphatic carbocycles. The Balaban J connectivity index is 1.99. The van der Waals surface area contributed by atoms with Crippen molar-refractivity contribution in [3.8, 4) is 0 Å². The van der Waals surface area contributed by atoms with Crippen molar-refractivity contribution in [2.24, 2.45) is 28.9 Å². The topological polar surface area (TPSA) is 29.3 Å². The van der Waals surface area contributed by atoms with E-state index in [1.54, 1.807) is 0 Å². The van der Waals surface area contributed by atoms with Crippen molar-refractivity contribution in [3.63, 3.8) is 0 Å². The van der Waals surface area contributed by atoms with Crippen LogP contribution in [-0.2, 0) is 0 Å². The number of nitrogens with zero attached hydrogens (tertiary/aromatic N) is 1. The van der Waals surface area contributed by atoms with Gasteiger partial charge in [-0.2, -0.15) is 0 Å². The van der Waals surface area contributed by atoms with Crippen molar-refractivity contribution < 1.29 is 0 Å². The second kappa shape index (κ2) is 7.46. The highest BCUT2D eigenvalue weighted by Gasteiger charge is 2.35. The zero-order chi connectivity index (χ0) is 15.5. The normalized spacial score (nSPS) is 36.4. The fourth-order valence-electron chi connectivity index (χ4n) is 4.70. The van der Waals surface area contributed by atoms with Crippen molar-refractivity contribution in [1.29, 1.82) is 0 Å². The molecule has 124 valence electrons. The number of nitrogens with two attached hydrogens (primary N) is 1. The van der Waals surface area contributed by atoms with Crippen LogP contribution in [0, 0.1) is 23.2 Å². The molecule has 0 aromatic carbocycles. The molecule has 2 aliphatic rings. The average molecular weight is 295 g/mol. The summed E-state index contributed by atoms with van der Waals surface area (Å²) in [6.45, 7) is 13.1. The van der Waals surface area contributed by atoms with Crippen molar-refractivity contribution in [3.05, 3.63) is 0 Å². The summed E-state index contributed by atoms with van der Waals surface area (Å²) in [5.41, 5.74) is 6.57. The zero-order valence-corrected chi connectivity index (χ0v) is 14.9. The van der Waals surface area contributed by atoms with Crippen molar-refractivity contribution in [2.75, 3.05) is 19.6 Å². The third-order valence-electron chi connectivity index (χ3n) is 6.40. The summed E-state index contributed by atoms with van der Waals surface area (Å²) < 4.78 is 0. The van der Waals surface area contributed by atoms with E-state index >= 15 is 0 Å². The highest BCUT2D eigenvalue weighted by atomic mass is 15.2. The molecule has 0 aromatic heterocycles. The Morgan fingerprint density at radius 3 is 2.43 bits per heavy atom. The molecule has 1 heterocycles. The molecule has 1 aliphatic heterocycles. The minimum absolute atomic E-state index is 0.474. The van der Waals surface area contributed by atoms with Crippen LogP contribution in [0.3, 0.4) is 0 Å². The molecule has 2 rings (SSSR count). The molecule has 4 atom stereocenters. The predicted molar refractivity (Wildman–Crippen MR) is 92.3 cm³/mol. The van der Waals surface area contributed by atoms with E-state index in [4.69, 9.17) is 5.73 Å². The molecular weight excluding hydrogens is 256 g/mol. The third kappa shape index (κ3) is 4.45. The molecule has 0 bridgehead atoms. The standard InChI is InChI=1S/C19H38N2/c1-5-15-8-9-16(14-20)18(13-15)21-11-6-7-17(10-12-21)19(2,3)4/h15-18H,5-14,20H2,1-4H3. The summed E-state index contributed by atoms with van der Waals surface area (Å²) in [4.78, 5) is 2.82. The van der Waals surface area contributed by atoms with Gasteiger partial charge in [0.1, 0.15) is 0 Å². The van der Waals surface area contributed by atoms with Gasteiger partial charge in [0.15, 0.2) is 0 Å². The molecule has 0 aromatic rings. The highest BCUT2D eigenvalue weighted by Crippen LogP contribution is 2.38. The Labute approximate surface area is 132 Å². The first-order valence-electron chi connectivity index (χ1n) is 9.39. The van der Waals surface area contributed by atoms with E-state index in [0.29, 0.717) is 5.41 Å². The summed E-state index contributed by atoms with van der Waals surface area (Å²) in [5.74, 6) is 2.59. The zero-order valence-electron chi connectivity index (χ0n) is 14.9. The molecule has 2 heteroatoms. The van der Waals surface area contributed by atoms with E-state index in [1.807, 2.05) is 0 Å². The fourth-order valence-corrected chi connectivity index (χ4v) is 4.70. The van der Waals surface area contributed by atoms with Gasteiger partial charge in [-0.05, 0) is 74.9 Å². The molecule has 4 unspecified atom stereocenters. The maximum absolute atomic E-state index is 6.10. The van der Waals surface area contributed by atoms with Gasteiger partial charge in [0.05, 0.1) is 0 Å². The monoisotopic (exact) mass is 294 g/mol. The van der Waals surface area contributed by atoms with Crippen LogP contribution in [0.4, 0.5) is 0 Å². The van der Waals surface area contributed by atoms with Gasteiger partial charge in [-0.3, -0.25) is 0 Å². The van der Waals surface area contributed by atoms with Crippen LogP contribution >= 0.6 is 0 Å². The fraction of sp³-hybridized carbons (Fsp3) is 1.00. The maximum atomic E-state index is 6.10. The Hall–Kier alpha value is -0.0800. The average Bonchev–Trinajstić information content (AvgIpc) is 2.72. The minimum atomic E-state index is 0.474. The minimum Gasteiger partial charge on any atom is -0.330 e. The number of hydrogen-bond donors (Lipinski definition) is 1. The largest absolute Gasteiger partial charge is 0.330 e. The first-order valence-corrected chi connectivity index (χ1v) is 9.39. The van der Waals surface area contributed by atoms with Gasteiger partial charge in [0.2, 0.25) is 0 Å². The van der Waals surface area contributed by atoms with Crippen LogP contribution in [0.1, 0.15) is 72.6 Å². The molecule has 0 spiro atoms. The Kier molecular flexibility index (Phi) is 6.14. The number of rotatable bonds is 3. The lowest BCUT2D eigenvalue weighted by atomic mass is 9.76. The highest BCUT2D eigenvalue weighted by molar-refractivity contribution is 4.89. The van der Waals surface area contributed by atoms with Crippen LogP contribution in [0.5, 0.6) is 0 Å². The quantitative estimate of drug-likeness (QED) is 0.841. The number of hydrogen-bond acceptors (Lipinski definition) is 2. The first kappa shape index (κ1) is 17.3. The van der Waals surface area contributed by atoms with E-state index in [-0.39, 0.29) is 0 Å². The summed E-state index contributed by atoms with van der Waals surface area (Å²) in [5, 5.41) is 0.